The molecule has 224 valence electrons. The molecule has 0 spiro atoms. The number of hydrogen-bond acceptors (Lipinski definition) is 5. The average molecular weight is 577 g/mol. The van der Waals surface area contributed by atoms with Gasteiger partial charge in [-0.3, -0.25) is 14.4 Å². The Morgan fingerprint density at radius 2 is 1.93 bits per heavy atom. The molecule has 5 rings (SSSR count). The van der Waals surface area contributed by atoms with E-state index < -0.39 is 12.1 Å². The van der Waals surface area contributed by atoms with Gasteiger partial charge in [-0.25, -0.2) is 9.37 Å². The molecule has 2 aromatic carbocycles. The van der Waals surface area contributed by atoms with E-state index in [1.807, 2.05) is 49.9 Å². The van der Waals surface area contributed by atoms with Crippen molar-refractivity contribution >= 4 is 28.8 Å². The number of para-hydroxylation sites is 1. The van der Waals surface area contributed by atoms with Crippen molar-refractivity contribution in [1.82, 2.24) is 30.4 Å². The quantitative estimate of drug-likeness (QED) is 0.373. The lowest BCUT2D eigenvalue weighted by atomic mass is 10.0. The van der Waals surface area contributed by atoms with Gasteiger partial charge in [-0.1, -0.05) is 45.0 Å². The van der Waals surface area contributed by atoms with Crippen LogP contribution in [-0.2, 0) is 14.4 Å². The third kappa shape index (κ3) is 6.04. The fraction of sp³-hybridized carbons (Fsp3) is 0.500. The summed E-state index contributed by atoms with van der Waals surface area (Å²) in [4.78, 5) is 52.6. The van der Waals surface area contributed by atoms with E-state index in [4.69, 9.17) is 4.98 Å². The maximum absolute atomic E-state index is 14.3. The normalized spacial score (nSPS) is 21.8. The van der Waals surface area contributed by atoms with Crippen LogP contribution in [-0.4, -0.2) is 75.8 Å². The lowest BCUT2D eigenvalue weighted by Crippen LogP contribution is -2.60. The summed E-state index contributed by atoms with van der Waals surface area (Å²) in [6.45, 7) is 6.57. The van der Waals surface area contributed by atoms with Crippen LogP contribution in [0.25, 0.3) is 22.2 Å². The Bertz CT molecular complexity index is 1450. The number of imidazole rings is 1. The number of halogens is 1. The lowest BCUT2D eigenvalue weighted by Gasteiger charge is -2.39. The van der Waals surface area contributed by atoms with Crippen LogP contribution >= 0.6 is 0 Å². The SMILES string of the molecule is CC[C@H](NC)C(=O)N[C@H]1CN(C(=O)CC(C)C)CC[C@H]2CC[C@@H](c3nc4c(-c5cccc(F)c5)cccc4[nH]3)N2C1=O. The number of H-pyrrole nitrogens is 1. The predicted molar refractivity (Wildman–Crippen MR) is 160 cm³/mol. The van der Waals surface area contributed by atoms with Crippen molar-refractivity contribution in [3.63, 3.8) is 0 Å². The van der Waals surface area contributed by atoms with Gasteiger partial charge in [-0.05, 0) is 62.4 Å². The maximum atomic E-state index is 14.3. The van der Waals surface area contributed by atoms with Crippen LogP contribution in [0.15, 0.2) is 42.5 Å². The van der Waals surface area contributed by atoms with Crippen LogP contribution in [0.1, 0.15) is 64.7 Å². The lowest BCUT2D eigenvalue weighted by molar-refractivity contribution is -0.144. The summed E-state index contributed by atoms with van der Waals surface area (Å²) in [7, 11) is 1.72. The number of fused-ring (bicyclic) bond motifs is 2. The largest absolute Gasteiger partial charge is 0.341 e. The number of aromatic amines is 1. The van der Waals surface area contributed by atoms with Crippen molar-refractivity contribution in [2.45, 2.75) is 77.0 Å². The summed E-state index contributed by atoms with van der Waals surface area (Å²) in [5.74, 6) is 0.0918. The van der Waals surface area contributed by atoms with Gasteiger partial charge in [0.1, 0.15) is 17.7 Å². The number of nitrogens with one attached hydrogen (secondary N) is 3. The minimum absolute atomic E-state index is 0.00265. The molecular formula is C32H41FN6O3. The topological polar surface area (TPSA) is 110 Å². The van der Waals surface area contributed by atoms with Gasteiger partial charge in [0.2, 0.25) is 17.7 Å². The molecule has 0 bridgehead atoms. The maximum Gasteiger partial charge on any atom is 0.247 e. The van der Waals surface area contributed by atoms with E-state index in [-0.39, 0.29) is 48.1 Å². The van der Waals surface area contributed by atoms with E-state index in [1.165, 1.54) is 12.1 Å². The molecular weight excluding hydrogens is 535 g/mol. The molecule has 0 saturated carbocycles. The zero-order chi connectivity index (χ0) is 30.0. The van der Waals surface area contributed by atoms with Crippen molar-refractivity contribution in [3.8, 4) is 11.1 Å². The molecule has 2 saturated heterocycles. The van der Waals surface area contributed by atoms with Gasteiger partial charge in [0.25, 0.3) is 0 Å². The number of hydrogen-bond donors (Lipinski definition) is 3. The second-order valence-corrected chi connectivity index (χ2v) is 11.9. The highest BCUT2D eigenvalue weighted by Crippen LogP contribution is 2.39. The van der Waals surface area contributed by atoms with Crippen LogP contribution in [0.2, 0.25) is 0 Å². The molecule has 4 atom stereocenters. The summed E-state index contributed by atoms with van der Waals surface area (Å²) in [6.07, 6.45) is 3.11. The van der Waals surface area contributed by atoms with E-state index >= 15 is 0 Å². The minimum atomic E-state index is -0.869. The number of rotatable bonds is 8. The number of nitrogens with zero attached hydrogens (tertiary/aromatic N) is 3. The Balaban J connectivity index is 1.48. The molecule has 2 aliphatic heterocycles. The third-order valence-corrected chi connectivity index (χ3v) is 8.50. The van der Waals surface area contributed by atoms with Gasteiger partial charge in [0, 0.05) is 31.1 Å². The Labute approximate surface area is 246 Å². The standard InChI is InChI=1S/C32H41FN6O3/c1-5-24(34-4)31(41)36-26-18-38(28(40)16-19(2)3)15-14-22-12-13-27(39(22)32(26)42)30-35-25-11-7-10-23(29(25)37-30)20-8-6-9-21(33)17-20/h6-11,17,19,22,24,26-27,34H,5,12-16,18H2,1-4H3,(H,35,37)(H,36,41)/t22-,24+,26+,27+/m1/s1. The van der Waals surface area contributed by atoms with E-state index in [0.29, 0.717) is 38.1 Å². The van der Waals surface area contributed by atoms with E-state index in [0.717, 1.165) is 28.6 Å². The number of likely N-dealkylation sites (N-methyl/N-ethyl adjacent to an activating group) is 1. The van der Waals surface area contributed by atoms with Crippen LogP contribution in [0.5, 0.6) is 0 Å². The third-order valence-electron chi connectivity index (χ3n) is 8.50. The van der Waals surface area contributed by atoms with Gasteiger partial charge < -0.3 is 25.4 Å². The first-order valence-corrected chi connectivity index (χ1v) is 15.0. The Morgan fingerprint density at radius 3 is 2.64 bits per heavy atom. The Morgan fingerprint density at radius 1 is 1.14 bits per heavy atom. The zero-order valence-electron chi connectivity index (χ0n) is 24.8. The van der Waals surface area contributed by atoms with Gasteiger partial charge in [0.05, 0.1) is 23.1 Å². The van der Waals surface area contributed by atoms with Crippen molar-refractivity contribution < 1.29 is 18.8 Å². The van der Waals surface area contributed by atoms with E-state index in [1.54, 1.807) is 18.0 Å². The van der Waals surface area contributed by atoms with Gasteiger partial charge in [-0.15, -0.1) is 0 Å². The van der Waals surface area contributed by atoms with Gasteiger partial charge >= 0.3 is 0 Å². The highest BCUT2D eigenvalue weighted by atomic mass is 19.1. The molecule has 3 aromatic rings. The molecule has 3 amide bonds. The van der Waals surface area contributed by atoms with E-state index in [2.05, 4.69) is 15.6 Å². The molecule has 3 heterocycles. The van der Waals surface area contributed by atoms with Crippen molar-refractivity contribution in [3.05, 3.63) is 54.1 Å². The van der Waals surface area contributed by atoms with Crippen LogP contribution in [0, 0.1) is 11.7 Å². The van der Waals surface area contributed by atoms with Crippen molar-refractivity contribution in [1.29, 1.82) is 0 Å². The summed E-state index contributed by atoms with van der Waals surface area (Å²) >= 11 is 0. The molecule has 2 aliphatic rings. The number of benzene rings is 2. The molecule has 10 heteroatoms. The van der Waals surface area contributed by atoms with E-state index in [9.17, 15) is 18.8 Å². The summed E-state index contributed by atoms with van der Waals surface area (Å²) in [5.41, 5.74) is 3.07. The first-order chi connectivity index (χ1) is 20.2. The summed E-state index contributed by atoms with van der Waals surface area (Å²) < 4.78 is 14.0. The first kappa shape index (κ1) is 29.7. The van der Waals surface area contributed by atoms with Gasteiger partial charge in [0.15, 0.2) is 0 Å². The molecule has 0 radical (unpaired) electrons. The second-order valence-electron chi connectivity index (χ2n) is 11.9. The Kier molecular flexibility index (Phi) is 8.91. The van der Waals surface area contributed by atoms with Crippen LogP contribution in [0.4, 0.5) is 4.39 Å². The molecule has 1 aromatic heterocycles. The number of carbonyl (C=O) groups is 3. The monoisotopic (exact) mass is 576 g/mol. The van der Waals surface area contributed by atoms with Crippen molar-refractivity contribution in [2.75, 3.05) is 20.1 Å². The summed E-state index contributed by atoms with van der Waals surface area (Å²) in [5, 5.41) is 5.98. The fourth-order valence-corrected chi connectivity index (χ4v) is 6.35. The molecule has 3 N–H and O–H groups in total. The molecule has 0 unspecified atom stereocenters. The summed E-state index contributed by atoms with van der Waals surface area (Å²) in [6, 6.07) is 10.5. The fourth-order valence-electron chi connectivity index (χ4n) is 6.35. The first-order valence-electron chi connectivity index (χ1n) is 15.0. The molecule has 0 aliphatic carbocycles. The molecule has 2 fully saturated rings. The highest BCUT2D eigenvalue weighted by Gasteiger charge is 2.44. The number of amides is 3. The number of carbonyl (C=O) groups excluding carboxylic acids is 3. The zero-order valence-corrected chi connectivity index (χ0v) is 24.8. The predicted octanol–water partition coefficient (Wildman–Crippen LogP) is 4.16. The van der Waals surface area contributed by atoms with Crippen molar-refractivity contribution in [2.24, 2.45) is 5.92 Å². The average Bonchev–Trinajstić information content (AvgIpc) is 3.57. The molecule has 9 nitrogen and oxygen atoms in total. The highest BCUT2D eigenvalue weighted by molar-refractivity contribution is 5.93. The number of aromatic nitrogens is 2. The minimum Gasteiger partial charge on any atom is -0.341 e. The van der Waals surface area contributed by atoms with Gasteiger partial charge in [-0.2, -0.15) is 0 Å². The second kappa shape index (κ2) is 12.6. The smallest absolute Gasteiger partial charge is 0.247 e. The molecule has 42 heavy (non-hydrogen) atoms. The van der Waals surface area contributed by atoms with Crippen LogP contribution in [0.3, 0.4) is 0 Å². The van der Waals surface area contributed by atoms with Crippen LogP contribution < -0.4 is 10.6 Å². The Hall–Kier alpha value is -3.79.